The van der Waals surface area contributed by atoms with Gasteiger partial charge in [-0.1, -0.05) is 6.07 Å². The van der Waals surface area contributed by atoms with Gasteiger partial charge in [0.05, 0.1) is 0 Å². The zero-order valence-electron chi connectivity index (χ0n) is 7.41. The third-order valence-corrected chi connectivity index (χ3v) is 1.75. The lowest BCUT2D eigenvalue weighted by atomic mass is 10.4. The fourth-order valence-electron chi connectivity index (χ4n) is 0.878. The van der Waals surface area contributed by atoms with Crippen LogP contribution in [0.5, 0.6) is 0 Å². The SMILES string of the molecule is CCN(C)c1cccc(NN)n1. The first-order valence-electron chi connectivity index (χ1n) is 3.92. The Hall–Kier alpha value is -1.29. The van der Waals surface area contributed by atoms with Crippen LogP contribution in [0, 0.1) is 0 Å². The minimum Gasteiger partial charge on any atom is -0.360 e. The molecule has 0 atom stereocenters. The Kier molecular flexibility index (Phi) is 2.88. The third kappa shape index (κ3) is 1.85. The zero-order valence-corrected chi connectivity index (χ0v) is 7.41. The number of aromatic nitrogens is 1. The van der Waals surface area contributed by atoms with Gasteiger partial charge in [-0.15, -0.1) is 0 Å². The van der Waals surface area contributed by atoms with Crippen molar-refractivity contribution in [2.45, 2.75) is 6.92 Å². The maximum atomic E-state index is 5.23. The minimum atomic E-state index is 0.688. The molecule has 0 bridgehead atoms. The van der Waals surface area contributed by atoms with Crippen LogP contribution in [0.25, 0.3) is 0 Å². The molecule has 0 spiro atoms. The van der Waals surface area contributed by atoms with Crippen molar-refractivity contribution in [3.05, 3.63) is 18.2 Å². The highest BCUT2D eigenvalue weighted by Crippen LogP contribution is 2.11. The number of nitrogens with zero attached hydrogens (tertiary/aromatic N) is 2. The van der Waals surface area contributed by atoms with Crippen LogP contribution < -0.4 is 16.2 Å². The maximum Gasteiger partial charge on any atom is 0.142 e. The second-order valence-electron chi connectivity index (χ2n) is 2.54. The van der Waals surface area contributed by atoms with Gasteiger partial charge in [0.2, 0.25) is 0 Å². The molecule has 3 N–H and O–H groups in total. The molecule has 12 heavy (non-hydrogen) atoms. The quantitative estimate of drug-likeness (QED) is 0.515. The van der Waals surface area contributed by atoms with Crippen LogP contribution in [0.4, 0.5) is 11.6 Å². The van der Waals surface area contributed by atoms with Gasteiger partial charge < -0.3 is 10.3 Å². The zero-order chi connectivity index (χ0) is 8.97. The summed E-state index contributed by atoms with van der Waals surface area (Å²) in [5.41, 5.74) is 2.51. The topological polar surface area (TPSA) is 54.2 Å². The van der Waals surface area contributed by atoms with Gasteiger partial charge in [-0.05, 0) is 19.1 Å². The molecule has 4 heteroatoms. The predicted molar refractivity (Wildman–Crippen MR) is 51.0 cm³/mol. The van der Waals surface area contributed by atoms with Crippen molar-refractivity contribution >= 4 is 11.6 Å². The van der Waals surface area contributed by atoms with Crippen LogP contribution >= 0.6 is 0 Å². The lowest BCUT2D eigenvalue weighted by Crippen LogP contribution is -2.18. The van der Waals surface area contributed by atoms with Gasteiger partial charge in [-0.2, -0.15) is 0 Å². The Balaban J connectivity index is 2.86. The number of anilines is 2. The van der Waals surface area contributed by atoms with E-state index in [1.165, 1.54) is 0 Å². The van der Waals surface area contributed by atoms with Crippen molar-refractivity contribution in [1.82, 2.24) is 4.98 Å². The van der Waals surface area contributed by atoms with Gasteiger partial charge in [0.15, 0.2) is 0 Å². The molecular weight excluding hydrogens is 152 g/mol. The van der Waals surface area contributed by atoms with Gasteiger partial charge in [-0.3, -0.25) is 0 Å². The Morgan fingerprint density at radius 1 is 1.58 bits per heavy atom. The van der Waals surface area contributed by atoms with E-state index in [0.29, 0.717) is 5.82 Å². The lowest BCUT2D eigenvalue weighted by molar-refractivity contribution is 0.938. The number of rotatable bonds is 3. The van der Waals surface area contributed by atoms with Gasteiger partial charge in [0, 0.05) is 13.6 Å². The number of nitrogens with two attached hydrogens (primary N) is 1. The normalized spacial score (nSPS) is 9.58. The molecule has 0 aliphatic rings. The molecule has 1 aromatic rings. The third-order valence-electron chi connectivity index (χ3n) is 1.75. The number of pyridine rings is 1. The van der Waals surface area contributed by atoms with E-state index in [1.807, 2.05) is 30.1 Å². The summed E-state index contributed by atoms with van der Waals surface area (Å²) in [6.45, 7) is 3.01. The monoisotopic (exact) mass is 166 g/mol. The Morgan fingerprint density at radius 2 is 2.33 bits per heavy atom. The molecule has 0 aromatic carbocycles. The van der Waals surface area contributed by atoms with Gasteiger partial charge in [0.25, 0.3) is 0 Å². The lowest BCUT2D eigenvalue weighted by Gasteiger charge is -2.15. The van der Waals surface area contributed by atoms with Crippen molar-refractivity contribution in [1.29, 1.82) is 0 Å². The van der Waals surface area contributed by atoms with Crippen molar-refractivity contribution in [2.24, 2.45) is 5.84 Å². The number of hydrogen-bond donors (Lipinski definition) is 2. The molecule has 1 aromatic heterocycles. The molecule has 0 radical (unpaired) electrons. The summed E-state index contributed by atoms with van der Waals surface area (Å²) in [4.78, 5) is 6.29. The summed E-state index contributed by atoms with van der Waals surface area (Å²) in [5.74, 6) is 6.84. The highest BCUT2D eigenvalue weighted by Gasteiger charge is 1.99. The summed E-state index contributed by atoms with van der Waals surface area (Å²) in [6.07, 6.45) is 0. The van der Waals surface area contributed by atoms with E-state index in [4.69, 9.17) is 5.84 Å². The van der Waals surface area contributed by atoms with E-state index in [9.17, 15) is 0 Å². The Morgan fingerprint density at radius 3 is 2.92 bits per heavy atom. The molecule has 0 aliphatic heterocycles. The van der Waals surface area contributed by atoms with Crippen LogP contribution in [-0.4, -0.2) is 18.6 Å². The largest absolute Gasteiger partial charge is 0.360 e. The van der Waals surface area contributed by atoms with Crippen molar-refractivity contribution in [3.8, 4) is 0 Å². The van der Waals surface area contributed by atoms with E-state index in [-0.39, 0.29) is 0 Å². The second-order valence-corrected chi connectivity index (χ2v) is 2.54. The molecule has 0 unspecified atom stereocenters. The summed E-state index contributed by atoms with van der Waals surface area (Å²) in [6, 6.07) is 5.70. The standard InChI is InChI=1S/C8H14N4/c1-3-12(2)8-6-4-5-7(10-8)11-9/h4-6H,3,9H2,1-2H3,(H,10,11). The molecule has 0 fully saturated rings. The summed E-state index contributed by atoms with van der Waals surface area (Å²) in [7, 11) is 1.99. The first-order valence-corrected chi connectivity index (χ1v) is 3.92. The molecule has 0 saturated carbocycles. The number of hydrogen-bond acceptors (Lipinski definition) is 4. The number of nitrogens with one attached hydrogen (secondary N) is 1. The first-order chi connectivity index (χ1) is 5.77. The molecular formula is C8H14N4. The fourth-order valence-corrected chi connectivity index (χ4v) is 0.878. The van der Waals surface area contributed by atoms with Crippen LogP contribution in [-0.2, 0) is 0 Å². The molecule has 0 amide bonds. The Labute approximate surface area is 72.4 Å². The molecule has 0 saturated heterocycles. The average Bonchev–Trinajstić information content (AvgIpc) is 2.17. The van der Waals surface area contributed by atoms with Gasteiger partial charge in [0.1, 0.15) is 11.6 Å². The first kappa shape index (κ1) is 8.80. The van der Waals surface area contributed by atoms with E-state index in [0.717, 1.165) is 12.4 Å². The fraction of sp³-hybridized carbons (Fsp3) is 0.375. The smallest absolute Gasteiger partial charge is 0.142 e. The molecule has 66 valence electrons. The molecule has 1 rings (SSSR count). The molecule has 1 heterocycles. The van der Waals surface area contributed by atoms with Crippen molar-refractivity contribution in [2.75, 3.05) is 23.9 Å². The Bertz CT molecular complexity index is 249. The van der Waals surface area contributed by atoms with Crippen LogP contribution in [0.2, 0.25) is 0 Å². The predicted octanol–water partition coefficient (Wildman–Crippen LogP) is 0.823. The van der Waals surface area contributed by atoms with Crippen molar-refractivity contribution < 1.29 is 0 Å². The van der Waals surface area contributed by atoms with Gasteiger partial charge in [-0.25, -0.2) is 10.8 Å². The van der Waals surface area contributed by atoms with Crippen LogP contribution in [0.1, 0.15) is 6.92 Å². The van der Waals surface area contributed by atoms with Crippen LogP contribution in [0.15, 0.2) is 18.2 Å². The molecule has 0 aliphatic carbocycles. The van der Waals surface area contributed by atoms with Crippen molar-refractivity contribution in [3.63, 3.8) is 0 Å². The van der Waals surface area contributed by atoms with E-state index < -0.39 is 0 Å². The summed E-state index contributed by atoms with van der Waals surface area (Å²) in [5, 5.41) is 0. The maximum absolute atomic E-state index is 5.23. The van der Waals surface area contributed by atoms with E-state index in [2.05, 4.69) is 17.3 Å². The van der Waals surface area contributed by atoms with Gasteiger partial charge >= 0.3 is 0 Å². The van der Waals surface area contributed by atoms with Crippen LogP contribution in [0.3, 0.4) is 0 Å². The highest BCUT2D eigenvalue weighted by atomic mass is 15.3. The minimum absolute atomic E-state index is 0.688. The van der Waals surface area contributed by atoms with E-state index in [1.54, 1.807) is 0 Å². The number of hydrazine groups is 1. The highest BCUT2D eigenvalue weighted by molar-refractivity contribution is 5.45. The molecule has 4 nitrogen and oxygen atoms in total. The second kappa shape index (κ2) is 3.92. The number of nitrogen functional groups attached to an aromatic ring is 1. The summed E-state index contributed by atoms with van der Waals surface area (Å²) < 4.78 is 0. The average molecular weight is 166 g/mol. The van der Waals surface area contributed by atoms with E-state index >= 15 is 0 Å². The summed E-state index contributed by atoms with van der Waals surface area (Å²) >= 11 is 0.